The molecule has 0 aromatic rings. The van der Waals surface area contributed by atoms with Crippen molar-refractivity contribution in [3.8, 4) is 0 Å². The van der Waals surface area contributed by atoms with Gasteiger partial charge >= 0.3 is 11.9 Å². The Bertz CT molecular complexity index is 357. The maximum atomic E-state index is 11.5. The Morgan fingerprint density at radius 1 is 1.33 bits per heavy atom. The first-order valence-electron chi connectivity index (χ1n) is 5.36. The fraction of sp³-hybridized carbons (Fsp3) is 0.545. The topological polar surface area (TPSA) is 86.7 Å². The highest BCUT2D eigenvalue weighted by atomic mass is 31.1. The van der Waals surface area contributed by atoms with Crippen molar-refractivity contribution in [2.45, 2.75) is 0 Å². The van der Waals surface area contributed by atoms with Crippen molar-refractivity contribution >= 4 is 25.5 Å². The first kappa shape index (κ1) is 16.8. The Hall–Kier alpha value is -1.23. The molecule has 0 bridgehead atoms. The van der Waals surface area contributed by atoms with Crippen LogP contribution < -0.4 is 4.89 Å². The zero-order chi connectivity index (χ0) is 14.2. The van der Waals surface area contributed by atoms with Crippen LogP contribution in [0.4, 0.5) is 0 Å². The van der Waals surface area contributed by atoms with E-state index in [9.17, 15) is 14.5 Å². The van der Waals surface area contributed by atoms with E-state index < -0.39 is 19.7 Å². The van der Waals surface area contributed by atoms with Crippen molar-refractivity contribution in [2.24, 2.45) is 0 Å². The summed E-state index contributed by atoms with van der Waals surface area (Å²) in [6.45, 7) is 0.688. The van der Waals surface area contributed by atoms with Crippen molar-refractivity contribution in [1.29, 1.82) is 0 Å². The maximum absolute atomic E-state index is 11.5. The summed E-state index contributed by atoms with van der Waals surface area (Å²) in [7, 11) is 4.49. The quantitative estimate of drug-likeness (QED) is 0.291. The molecule has 0 heterocycles. The van der Waals surface area contributed by atoms with E-state index >= 15 is 0 Å². The lowest BCUT2D eigenvalue weighted by molar-refractivity contribution is -0.867. The van der Waals surface area contributed by atoms with Gasteiger partial charge in [-0.3, -0.25) is 0 Å². The minimum atomic E-state index is -1.51. The molecular weight excluding hydrogens is 257 g/mol. The monoisotopic (exact) mass is 276 g/mol. The van der Waals surface area contributed by atoms with Crippen molar-refractivity contribution in [3.63, 3.8) is 0 Å². The van der Waals surface area contributed by atoms with Gasteiger partial charge in [-0.2, -0.15) is 0 Å². The average molecular weight is 276 g/mol. The van der Waals surface area contributed by atoms with Crippen LogP contribution in [0, 0.1) is 0 Å². The summed E-state index contributed by atoms with van der Waals surface area (Å²) >= 11 is 0. The molecule has 1 atom stereocenters. The minimum Gasteiger partial charge on any atom is -0.630 e. The molecule has 0 fully saturated rings. The molecule has 0 saturated heterocycles. The second kappa shape index (κ2) is 7.97. The van der Waals surface area contributed by atoms with Crippen molar-refractivity contribution in [2.75, 3.05) is 40.5 Å². The molecule has 0 aromatic carbocycles. The van der Waals surface area contributed by atoms with Crippen LogP contribution in [-0.4, -0.2) is 67.8 Å². The van der Waals surface area contributed by atoms with Crippen LogP contribution in [0.3, 0.4) is 0 Å². The number of esters is 1. The highest BCUT2D eigenvalue weighted by Crippen LogP contribution is 2.09. The molecular formula is C11H19NO5P+. The predicted molar refractivity (Wildman–Crippen MR) is 68.5 cm³/mol. The van der Waals surface area contributed by atoms with Gasteiger partial charge in [-0.15, -0.1) is 0 Å². The lowest BCUT2D eigenvalue weighted by atomic mass is 10.5. The zero-order valence-corrected chi connectivity index (χ0v) is 11.7. The highest BCUT2D eigenvalue weighted by molar-refractivity contribution is 7.50. The third-order valence-corrected chi connectivity index (χ3v) is 3.05. The summed E-state index contributed by atoms with van der Waals surface area (Å²) < 4.78 is 5.38. The summed E-state index contributed by atoms with van der Waals surface area (Å²) in [5.41, 5.74) is 0. The molecule has 0 saturated carbocycles. The number of carbonyl (C=O) groups excluding carboxylic acids is 1. The summed E-state index contributed by atoms with van der Waals surface area (Å²) in [5.74, 6) is -0.550. The van der Waals surface area contributed by atoms with Crippen LogP contribution in [0.1, 0.15) is 0 Å². The van der Waals surface area contributed by atoms with Crippen LogP contribution in [0.15, 0.2) is 12.2 Å². The Labute approximate surface area is 108 Å². The Kier molecular flexibility index (Phi) is 7.43. The van der Waals surface area contributed by atoms with E-state index in [1.54, 1.807) is 0 Å². The van der Waals surface area contributed by atoms with Gasteiger partial charge in [0, 0.05) is 12.2 Å². The number of hydrogen-bond acceptors (Lipinski definition) is 4. The molecule has 1 N–H and O–H groups in total. The van der Waals surface area contributed by atoms with Gasteiger partial charge in [0.2, 0.25) is 0 Å². The third kappa shape index (κ3) is 11.3. The molecule has 1 unspecified atom stereocenters. The van der Waals surface area contributed by atoms with Gasteiger partial charge in [0.15, 0.2) is 6.16 Å². The van der Waals surface area contributed by atoms with Gasteiger partial charge in [-0.25, -0.2) is 9.59 Å². The number of quaternary nitrogens is 1. The Balaban J connectivity index is 3.94. The largest absolute Gasteiger partial charge is 0.630 e. The Morgan fingerprint density at radius 2 is 1.94 bits per heavy atom. The average Bonchev–Trinajstić information content (AvgIpc) is 2.22. The number of rotatable bonds is 7. The summed E-state index contributed by atoms with van der Waals surface area (Å²) in [6, 6.07) is 0. The second-order valence-corrected chi connectivity index (χ2v) is 6.29. The van der Waals surface area contributed by atoms with Gasteiger partial charge in [-0.05, 0) is 0 Å². The Morgan fingerprint density at radius 3 is 2.44 bits per heavy atom. The third-order valence-electron chi connectivity index (χ3n) is 1.86. The molecule has 0 aliphatic heterocycles. The molecule has 0 spiro atoms. The molecule has 0 aliphatic rings. The number of ether oxygens (including phenoxy) is 1. The smallest absolute Gasteiger partial charge is 0.331 e. The molecule has 6 nitrogen and oxygen atoms in total. The van der Waals surface area contributed by atoms with Crippen LogP contribution in [0.5, 0.6) is 0 Å². The zero-order valence-electron chi connectivity index (χ0n) is 10.8. The fourth-order valence-corrected chi connectivity index (χ4v) is 2.10. The maximum Gasteiger partial charge on any atom is 0.331 e. The van der Waals surface area contributed by atoms with Crippen LogP contribution in [0.2, 0.25) is 0 Å². The van der Waals surface area contributed by atoms with Gasteiger partial charge in [0.25, 0.3) is 0 Å². The first-order chi connectivity index (χ1) is 8.20. The van der Waals surface area contributed by atoms with Crippen molar-refractivity contribution in [3.05, 3.63) is 12.2 Å². The fourth-order valence-electron chi connectivity index (χ4n) is 0.880. The molecule has 0 radical (unpaired) electrons. The summed E-state index contributed by atoms with van der Waals surface area (Å²) in [4.78, 5) is 32.6. The molecule has 0 aliphatic carbocycles. The van der Waals surface area contributed by atoms with Crippen LogP contribution in [-0.2, 0) is 14.3 Å². The lowest BCUT2D eigenvalue weighted by Gasteiger charge is -2.22. The van der Waals surface area contributed by atoms with E-state index in [0.717, 1.165) is 17.1 Å². The molecule has 0 rings (SSSR count). The standard InChI is InChI=1S/C11H18NO5P/c1-12(2,3)6-8-18(16)9-7-17-11(15)5-4-10(13)14/h4-5,9H,6-8H2,1-3H3/p+1/b5-4+. The number of aliphatic carboxylic acids is 1. The number of carboxylic acids is 1. The van der Waals surface area contributed by atoms with E-state index in [2.05, 4.69) is 4.74 Å². The number of nitrogens with zero attached hydrogens (tertiary/aromatic N) is 1. The summed E-state index contributed by atoms with van der Waals surface area (Å²) in [5, 5.41) is 8.27. The van der Waals surface area contributed by atoms with Gasteiger partial charge in [0.05, 0.1) is 28.9 Å². The van der Waals surface area contributed by atoms with E-state index in [0.29, 0.717) is 12.2 Å². The molecule has 102 valence electrons. The van der Waals surface area contributed by atoms with Crippen LogP contribution >= 0.6 is 7.77 Å². The van der Waals surface area contributed by atoms with Gasteiger partial charge < -0.3 is 19.2 Å². The van der Waals surface area contributed by atoms with E-state index in [4.69, 9.17) is 5.11 Å². The molecule has 7 heteroatoms. The van der Waals surface area contributed by atoms with E-state index in [1.165, 1.54) is 5.80 Å². The lowest BCUT2D eigenvalue weighted by Crippen LogP contribution is -2.36. The number of carbonyl (C=O) groups is 2. The van der Waals surface area contributed by atoms with Crippen LogP contribution in [0.25, 0.3) is 0 Å². The predicted octanol–water partition coefficient (Wildman–Crippen LogP) is -0.564. The summed E-state index contributed by atoms with van der Waals surface area (Å²) in [6.07, 6.45) is 2.04. The molecule has 18 heavy (non-hydrogen) atoms. The molecule has 0 amide bonds. The first-order valence-corrected chi connectivity index (χ1v) is 6.87. The van der Waals surface area contributed by atoms with E-state index in [1.807, 2.05) is 21.1 Å². The minimum absolute atomic E-state index is 0.0743. The SMILES string of the molecule is C[N+](C)(C)CC[P+]([O-])=CCOC(=O)/C=C/C(=O)O. The number of hydrogen-bond donors (Lipinski definition) is 1. The van der Waals surface area contributed by atoms with Gasteiger partial charge in [-0.1, -0.05) is 0 Å². The number of carboxylic acid groups (broad SMARTS) is 1. The van der Waals surface area contributed by atoms with Crippen molar-refractivity contribution in [1.82, 2.24) is 0 Å². The molecule has 0 aromatic heterocycles. The normalized spacial score (nSPS) is 12.8. The second-order valence-electron chi connectivity index (χ2n) is 4.64. The van der Waals surface area contributed by atoms with E-state index in [-0.39, 0.29) is 6.61 Å². The highest BCUT2D eigenvalue weighted by Gasteiger charge is 2.09. The van der Waals surface area contributed by atoms with Gasteiger partial charge in [0.1, 0.15) is 18.9 Å². The van der Waals surface area contributed by atoms with Crippen molar-refractivity contribution < 1.29 is 28.8 Å².